The number of fused-ring (bicyclic) bond motifs is 3. The minimum atomic E-state index is -0.595. The first-order valence-corrected chi connectivity index (χ1v) is 6.91. The van der Waals surface area contributed by atoms with Crippen molar-refractivity contribution in [2.45, 2.75) is 6.92 Å². The van der Waals surface area contributed by atoms with E-state index in [-0.39, 0.29) is 12.4 Å². The Morgan fingerprint density at radius 2 is 1.86 bits per heavy atom. The second-order valence-electron chi connectivity index (χ2n) is 4.60. The third-order valence-electron chi connectivity index (χ3n) is 3.33. The molecule has 0 saturated carbocycles. The highest BCUT2D eigenvalue weighted by atomic mass is 35.5. The maximum atomic E-state index is 12.4. The molecule has 0 atom stereocenters. The molecular formula is C16H12ClNO3. The fourth-order valence-electron chi connectivity index (χ4n) is 2.42. The summed E-state index contributed by atoms with van der Waals surface area (Å²) in [6, 6.07) is 10.7. The standard InChI is InChI=1S/C16H12ClNO3/c1-2-21-16(20)18-14-8-12-11(7-13(14)17)9-5-3-4-6-10(9)15(12)19/h3-8H,2H2,1H3,(H,18,20). The van der Waals surface area contributed by atoms with E-state index in [4.69, 9.17) is 16.3 Å². The van der Waals surface area contributed by atoms with Gasteiger partial charge in [0.25, 0.3) is 0 Å². The second-order valence-corrected chi connectivity index (χ2v) is 5.01. The third-order valence-corrected chi connectivity index (χ3v) is 3.64. The van der Waals surface area contributed by atoms with Gasteiger partial charge in [0.05, 0.1) is 17.3 Å². The minimum absolute atomic E-state index is 0.0656. The molecule has 1 N–H and O–H groups in total. The van der Waals surface area contributed by atoms with Gasteiger partial charge in [0.1, 0.15) is 0 Å². The summed E-state index contributed by atoms with van der Waals surface area (Å²) in [5.41, 5.74) is 3.20. The highest BCUT2D eigenvalue weighted by Gasteiger charge is 2.27. The Morgan fingerprint density at radius 3 is 2.57 bits per heavy atom. The van der Waals surface area contributed by atoms with Gasteiger partial charge in [-0.2, -0.15) is 0 Å². The average Bonchev–Trinajstić information content (AvgIpc) is 2.73. The Bertz CT molecular complexity index is 755. The molecule has 2 aromatic rings. The van der Waals surface area contributed by atoms with Gasteiger partial charge in [-0.05, 0) is 30.2 Å². The monoisotopic (exact) mass is 301 g/mol. The van der Waals surface area contributed by atoms with E-state index >= 15 is 0 Å². The first kappa shape index (κ1) is 13.6. The van der Waals surface area contributed by atoms with Gasteiger partial charge in [-0.25, -0.2) is 4.79 Å². The van der Waals surface area contributed by atoms with Crippen LogP contribution in [0.4, 0.5) is 10.5 Å². The number of hydrogen-bond acceptors (Lipinski definition) is 3. The Kier molecular flexibility index (Phi) is 3.39. The molecule has 0 aliphatic heterocycles. The van der Waals surface area contributed by atoms with Crippen LogP contribution >= 0.6 is 11.6 Å². The molecule has 2 aromatic carbocycles. The zero-order valence-corrected chi connectivity index (χ0v) is 12.0. The largest absolute Gasteiger partial charge is 0.450 e. The lowest BCUT2D eigenvalue weighted by Crippen LogP contribution is -2.14. The average molecular weight is 302 g/mol. The fourth-order valence-corrected chi connectivity index (χ4v) is 2.63. The summed E-state index contributed by atoms with van der Waals surface area (Å²) in [6.45, 7) is 1.98. The van der Waals surface area contributed by atoms with Crippen LogP contribution in [0.5, 0.6) is 0 Å². The van der Waals surface area contributed by atoms with Crippen molar-refractivity contribution >= 4 is 29.2 Å². The number of carbonyl (C=O) groups excluding carboxylic acids is 2. The van der Waals surface area contributed by atoms with Crippen molar-refractivity contribution in [2.24, 2.45) is 0 Å². The van der Waals surface area contributed by atoms with E-state index < -0.39 is 6.09 Å². The van der Waals surface area contributed by atoms with Crippen LogP contribution in [-0.2, 0) is 4.74 Å². The SMILES string of the molecule is CCOC(=O)Nc1cc2c(cc1Cl)-c1ccccc1C2=O. The van der Waals surface area contributed by atoms with Crippen LogP contribution in [0.2, 0.25) is 5.02 Å². The van der Waals surface area contributed by atoms with Crippen molar-refractivity contribution in [1.29, 1.82) is 0 Å². The number of carbonyl (C=O) groups is 2. The Morgan fingerprint density at radius 1 is 1.14 bits per heavy atom. The number of ketones is 1. The molecule has 0 radical (unpaired) electrons. The lowest BCUT2D eigenvalue weighted by atomic mass is 10.1. The summed E-state index contributed by atoms with van der Waals surface area (Å²) < 4.78 is 4.82. The van der Waals surface area contributed by atoms with Gasteiger partial charge in [-0.1, -0.05) is 35.9 Å². The van der Waals surface area contributed by atoms with E-state index in [2.05, 4.69) is 5.32 Å². The molecule has 0 aromatic heterocycles. The van der Waals surface area contributed by atoms with Crippen molar-refractivity contribution < 1.29 is 14.3 Å². The van der Waals surface area contributed by atoms with E-state index in [0.717, 1.165) is 11.1 Å². The Balaban J connectivity index is 2.04. The molecule has 3 rings (SSSR count). The van der Waals surface area contributed by atoms with Crippen LogP contribution in [0, 0.1) is 0 Å². The van der Waals surface area contributed by atoms with Crippen molar-refractivity contribution in [3.63, 3.8) is 0 Å². The molecule has 106 valence electrons. The van der Waals surface area contributed by atoms with Gasteiger partial charge in [-0.15, -0.1) is 0 Å². The second kappa shape index (κ2) is 5.22. The van der Waals surface area contributed by atoms with Gasteiger partial charge >= 0.3 is 6.09 Å². The molecule has 21 heavy (non-hydrogen) atoms. The van der Waals surface area contributed by atoms with Crippen LogP contribution in [-0.4, -0.2) is 18.5 Å². The fraction of sp³-hybridized carbons (Fsp3) is 0.125. The number of nitrogens with one attached hydrogen (secondary N) is 1. The van der Waals surface area contributed by atoms with Crippen molar-refractivity contribution in [3.8, 4) is 11.1 Å². The summed E-state index contributed by atoms with van der Waals surface area (Å²) in [6.07, 6.45) is -0.595. The number of anilines is 1. The van der Waals surface area contributed by atoms with E-state index in [0.29, 0.717) is 21.8 Å². The van der Waals surface area contributed by atoms with E-state index in [1.807, 2.05) is 18.2 Å². The third kappa shape index (κ3) is 2.28. The van der Waals surface area contributed by atoms with Crippen LogP contribution in [0.3, 0.4) is 0 Å². The summed E-state index contributed by atoms with van der Waals surface area (Å²) in [4.78, 5) is 23.9. The lowest BCUT2D eigenvalue weighted by Gasteiger charge is -2.09. The first-order valence-electron chi connectivity index (χ1n) is 6.53. The predicted octanol–water partition coefficient (Wildman–Crippen LogP) is 4.12. The Labute approximate surface area is 126 Å². The first-order chi connectivity index (χ1) is 10.1. The van der Waals surface area contributed by atoms with E-state index in [9.17, 15) is 9.59 Å². The van der Waals surface area contributed by atoms with Gasteiger partial charge in [0, 0.05) is 11.1 Å². The maximum absolute atomic E-state index is 12.4. The minimum Gasteiger partial charge on any atom is -0.450 e. The van der Waals surface area contributed by atoms with Gasteiger partial charge in [-0.3, -0.25) is 10.1 Å². The summed E-state index contributed by atoms with van der Waals surface area (Å²) >= 11 is 6.18. The van der Waals surface area contributed by atoms with Gasteiger partial charge < -0.3 is 4.74 Å². The van der Waals surface area contributed by atoms with Crippen molar-refractivity contribution in [1.82, 2.24) is 0 Å². The number of hydrogen-bond donors (Lipinski definition) is 1. The van der Waals surface area contributed by atoms with Crippen molar-refractivity contribution in [2.75, 3.05) is 11.9 Å². The van der Waals surface area contributed by atoms with Gasteiger partial charge in [0.15, 0.2) is 5.78 Å². The highest BCUT2D eigenvalue weighted by molar-refractivity contribution is 6.35. The maximum Gasteiger partial charge on any atom is 0.411 e. The molecule has 4 nitrogen and oxygen atoms in total. The number of rotatable bonds is 2. The van der Waals surface area contributed by atoms with E-state index in [1.165, 1.54) is 0 Å². The molecule has 1 amide bonds. The number of benzene rings is 2. The molecular weight excluding hydrogens is 290 g/mol. The number of amides is 1. The smallest absolute Gasteiger partial charge is 0.411 e. The van der Waals surface area contributed by atoms with Crippen LogP contribution in [0.15, 0.2) is 36.4 Å². The molecule has 0 spiro atoms. The van der Waals surface area contributed by atoms with Crippen LogP contribution < -0.4 is 5.32 Å². The molecule has 0 unspecified atom stereocenters. The summed E-state index contributed by atoms with van der Waals surface area (Å²) in [7, 11) is 0. The molecule has 0 fully saturated rings. The zero-order chi connectivity index (χ0) is 15.0. The number of halogens is 1. The quantitative estimate of drug-likeness (QED) is 0.774. The molecule has 0 bridgehead atoms. The van der Waals surface area contributed by atoms with Crippen LogP contribution in [0.1, 0.15) is 22.8 Å². The van der Waals surface area contributed by atoms with E-state index in [1.54, 1.807) is 25.1 Å². The molecule has 1 aliphatic carbocycles. The molecule has 0 saturated heterocycles. The Hall–Kier alpha value is -2.33. The molecule has 5 heteroatoms. The van der Waals surface area contributed by atoms with Crippen LogP contribution in [0.25, 0.3) is 11.1 Å². The lowest BCUT2D eigenvalue weighted by molar-refractivity contribution is 0.104. The zero-order valence-electron chi connectivity index (χ0n) is 11.3. The topological polar surface area (TPSA) is 55.4 Å². The molecule has 1 aliphatic rings. The highest BCUT2D eigenvalue weighted by Crippen LogP contribution is 2.40. The predicted molar refractivity (Wildman–Crippen MR) is 81.0 cm³/mol. The van der Waals surface area contributed by atoms with Gasteiger partial charge in [0.2, 0.25) is 0 Å². The number of ether oxygens (including phenoxy) is 1. The molecule has 0 heterocycles. The summed E-state index contributed by atoms with van der Waals surface area (Å²) in [5.74, 6) is -0.0656. The normalized spacial score (nSPS) is 11.8. The summed E-state index contributed by atoms with van der Waals surface area (Å²) in [5, 5.41) is 2.91. The van der Waals surface area contributed by atoms with Crippen molar-refractivity contribution in [3.05, 3.63) is 52.5 Å².